The van der Waals surface area contributed by atoms with Crippen molar-refractivity contribution in [2.45, 2.75) is 46.8 Å². The molecule has 0 bridgehead atoms. The molecular weight excluding hydrogens is 351 g/mol. The van der Waals surface area contributed by atoms with Crippen LogP contribution in [0, 0.1) is 0 Å². The third kappa shape index (κ3) is 2.83. The van der Waals surface area contributed by atoms with Crippen molar-refractivity contribution in [3.8, 4) is 0 Å². The van der Waals surface area contributed by atoms with Crippen molar-refractivity contribution < 1.29 is 9.80 Å². The summed E-state index contributed by atoms with van der Waals surface area (Å²) in [6, 6.07) is 0. The Labute approximate surface area is 80.9 Å². The van der Waals surface area contributed by atoms with E-state index in [0.29, 0.717) is 4.31 Å². The third-order valence-electron chi connectivity index (χ3n) is 2.36. The van der Waals surface area contributed by atoms with Crippen LogP contribution < -0.4 is 0 Å². The van der Waals surface area contributed by atoms with Gasteiger partial charge in [0.1, 0.15) is 0 Å². The van der Waals surface area contributed by atoms with Gasteiger partial charge in [-0.05, 0) is 0 Å². The van der Waals surface area contributed by atoms with E-state index in [4.69, 9.17) is 0 Å². The molecule has 0 amide bonds. The monoisotopic (exact) mass is 380 g/mol. The molecule has 91 valence electrons. The second kappa shape index (κ2) is 1.05. The molecule has 1 rings (SSSR count). The minimum atomic E-state index is -4.18. The van der Waals surface area contributed by atoms with Crippen LogP contribution in [0.15, 0.2) is 24.3 Å². The molecule has 0 heterocycles. The van der Waals surface area contributed by atoms with Gasteiger partial charge in [-0.3, -0.25) is 0 Å². The number of rotatable bonds is 1. The normalized spacial score (nSPS) is 33.3. The van der Waals surface area contributed by atoms with E-state index >= 15 is 0 Å². The minimum absolute atomic E-state index is 0.534. The van der Waals surface area contributed by atoms with Crippen LogP contribution in [-0.4, -0.2) is 0 Å². The molecule has 1 aliphatic carbocycles. The Morgan fingerprint density at radius 1 is 0.643 bits per heavy atom. The average Bonchev–Trinajstić information content (AvgIpc) is 1.95. The molecule has 0 aromatic carbocycles. The molecule has 0 N–H and O–H groups in total. The Kier molecular flexibility index (Phi) is 0.915. The Bertz CT molecular complexity index is 377. The Morgan fingerprint density at radius 3 is 1.07 bits per heavy atom. The Hall–Kier alpha value is 0.168. The summed E-state index contributed by atoms with van der Waals surface area (Å²) in [7, 11) is -4.18. The van der Waals surface area contributed by atoms with Gasteiger partial charge < -0.3 is 0 Å². The number of hydrogen-bond donors (Lipinski definition) is 0. The molecule has 0 saturated carbocycles. The zero-order valence-corrected chi connectivity index (χ0v) is 13.5. The van der Waals surface area contributed by atoms with Crippen LogP contribution in [0.1, 0.15) is 0 Å². The predicted molar refractivity (Wildman–Crippen MR) is 68.9 cm³/mol. The van der Waals surface area contributed by atoms with Crippen LogP contribution in [0.25, 0.3) is 0 Å². The van der Waals surface area contributed by atoms with Gasteiger partial charge in [0.25, 0.3) is 0 Å². The molecule has 1 heteroatoms. The van der Waals surface area contributed by atoms with Gasteiger partial charge in [-0.15, -0.1) is 0 Å². The first-order chi connectivity index (χ1) is 5.18. The van der Waals surface area contributed by atoms with E-state index in [1.165, 1.54) is 0 Å². The molecule has 0 aromatic rings. The van der Waals surface area contributed by atoms with Crippen molar-refractivity contribution in [1.82, 2.24) is 0 Å². The van der Waals surface area contributed by atoms with E-state index in [0.717, 1.165) is 0 Å². The van der Waals surface area contributed by atoms with Crippen molar-refractivity contribution in [1.29, 1.82) is 0 Å². The fraction of sp³-hybridized carbons (Fsp3) is 0.692. The average molecular weight is 380 g/mol. The maximum atomic E-state index is 2.52. The molecule has 0 saturated heterocycles. The summed E-state index contributed by atoms with van der Waals surface area (Å²) in [5, 5.41) is 20.1. The van der Waals surface area contributed by atoms with Crippen LogP contribution in [0.5, 0.6) is 0 Å². The van der Waals surface area contributed by atoms with E-state index in [2.05, 4.69) is 66.8 Å². The van der Waals surface area contributed by atoms with E-state index in [-0.39, 0.29) is 0 Å². The summed E-state index contributed by atoms with van der Waals surface area (Å²) < 4.78 is 0.534. The van der Waals surface area contributed by atoms with Gasteiger partial charge in [0.05, 0.1) is 0 Å². The topological polar surface area (TPSA) is 0 Å². The Balaban J connectivity index is 3.92. The molecule has 0 spiro atoms. The van der Waals surface area contributed by atoms with Crippen molar-refractivity contribution in [2.24, 2.45) is 0 Å². The number of hydrogen-bond acceptors (Lipinski definition) is 0. The SMILES string of the molecule is [CH3][Pt]([CH3])([CH3])([CH3])([CH3])([CH3])([CH3])([CH3])[CH]1C=CC=C1. The molecule has 0 fully saturated rings. The van der Waals surface area contributed by atoms with Crippen LogP contribution in [-0.2, 0) is 9.80 Å². The zero-order valence-electron chi connectivity index (χ0n) is 11.2. The molecule has 1 aliphatic rings. The van der Waals surface area contributed by atoms with Crippen molar-refractivity contribution in [3.05, 3.63) is 24.3 Å². The van der Waals surface area contributed by atoms with Crippen LogP contribution in [0.4, 0.5) is 0 Å². The summed E-state index contributed by atoms with van der Waals surface area (Å²) in [5.41, 5.74) is 0. The first-order valence-corrected chi connectivity index (χ1v) is 23.9. The number of allylic oxidation sites excluding steroid dienone is 4. The molecule has 0 nitrogen and oxygen atoms in total. The molecule has 0 radical (unpaired) electrons. The molecule has 0 aliphatic heterocycles. The zero-order chi connectivity index (χ0) is 11.7. The van der Waals surface area contributed by atoms with Gasteiger partial charge in [0.2, 0.25) is 0 Å². The second-order valence-electron chi connectivity index (χ2n) is 11.5. The quantitative estimate of drug-likeness (QED) is 0.514. The summed E-state index contributed by atoms with van der Waals surface area (Å²) in [5.74, 6) is 0. The molecule has 14 heavy (non-hydrogen) atoms. The fourth-order valence-electron chi connectivity index (χ4n) is 1.36. The van der Waals surface area contributed by atoms with Gasteiger partial charge in [0, 0.05) is 0 Å². The van der Waals surface area contributed by atoms with Crippen molar-refractivity contribution >= 4 is 0 Å². The summed E-state index contributed by atoms with van der Waals surface area (Å²) in [4.78, 5) is 0. The maximum absolute atomic E-state index is 4.18. The Morgan fingerprint density at radius 2 is 0.929 bits per heavy atom. The van der Waals surface area contributed by atoms with E-state index in [1.807, 2.05) is 0 Å². The van der Waals surface area contributed by atoms with Crippen molar-refractivity contribution in [3.63, 3.8) is 0 Å². The summed E-state index contributed by atoms with van der Waals surface area (Å²) >= 11 is 0. The molecule has 0 aromatic heterocycles. The first kappa shape index (κ1) is 12.2. The van der Waals surface area contributed by atoms with Gasteiger partial charge >= 0.3 is 80.9 Å². The van der Waals surface area contributed by atoms with Gasteiger partial charge in [0.15, 0.2) is 0 Å². The predicted octanol–water partition coefficient (Wildman–Crippen LogP) is 6.12. The van der Waals surface area contributed by atoms with Gasteiger partial charge in [-0.25, -0.2) is 0 Å². The second-order valence-corrected chi connectivity index (χ2v) is 87.1. The van der Waals surface area contributed by atoms with Crippen LogP contribution in [0.2, 0.25) is 46.8 Å². The molecule has 0 atom stereocenters. The van der Waals surface area contributed by atoms with Gasteiger partial charge in [-0.2, -0.15) is 0 Å². The summed E-state index contributed by atoms with van der Waals surface area (Å²) in [6.07, 6.45) is 9.09. The first-order valence-electron chi connectivity index (χ1n) is 4.38. The molecule has 0 unspecified atom stereocenters. The molecular formula is C13H29Pt. The van der Waals surface area contributed by atoms with Crippen molar-refractivity contribution in [2.75, 3.05) is 0 Å². The van der Waals surface area contributed by atoms with E-state index in [9.17, 15) is 0 Å². The van der Waals surface area contributed by atoms with Gasteiger partial charge in [-0.1, -0.05) is 0 Å². The van der Waals surface area contributed by atoms with E-state index < -0.39 is 9.80 Å². The standard InChI is InChI=1S/C5H5.8CH3.Pt/c1-2-4-5-3-1;;;;;;;;;/h1-5H;8*1H3;. The van der Waals surface area contributed by atoms with Crippen LogP contribution >= 0.6 is 0 Å². The third-order valence-corrected chi connectivity index (χ3v) is 15.4. The summed E-state index contributed by atoms with van der Waals surface area (Å²) in [6.45, 7) is 0. The van der Waals surface area contributed by atoms with E-state index in [1.54, 1.807) is 0 Å². The fourth-order valence-corrected chi connectivity index (χ4v) is 8.87. The van der Waals surface area contributed by atoms with Crippen LogP contribution in [0.3, 0.4) is 0 Å².